The summed E-state index contributed by atoms with van der Waals surface area (Å²) in [6.45, 7) is 3.95. The predicted molar refractivity (Wildman–Crippen MR) is 61.1 cm³/mol. The van der Waals surface area contributed by atoms with Crippen LogP contribution in [0.15, 0.2) is 24.3 Å². The Bertz CT molecular complexity index is 352. The van der Waals surface area contributed by atoms with Crippen molar-refractivity contribution in [1.82, 2.24) is 0 Å². The van der Waals surface area contributed by atoms with Crippen LogP contribution in [0.4, 0.5) is 18.9 Å². The first kappa shape index (κ1) is 13.7. The van der Waals surface area contributed by atoms with Crippen LogP contribution in [0.2, 0.25) is 0 Å². The van der Waals surface area contributed by atoms with Gasteiger partial charge in [0.1, 0.15) is 0 Å². The van der Waals surface area contributed by atoms with Gasteiger partial charge in [-0.05, 0) is 25.5 Å². The molecule has 0 spiro atoms. The third-order valence-electron chi connectivity index (χ3n) is 2.24. The van der Waals surface area contributed by atoms with Crippen molar-refractivity contribution in [3.63, 3.8) is 0 Å². The van der Waals surface area contributed by atoms with Gasteiger partial charge in [0.15, 0.2) is 5.75 Å². The highest BCUT2D eigenvalue weighted by atomic mass is 19.4. The number of alkyl halides is 3. The fourth-order valence-electron chi connectivity index (χ4n) is 1.57. The number of para-hydroxylation sites is 2. The smallest absolute Gasteiger partial charge is 0.404 e. The van der Waals surface area contributed by atoms with E-state index in [2.05, 4.69) is 10.1 Å². The zero-order chi connectivity index (χ0) is 12.9. The minimum absolute atomic E-state index is 0.109. The van der Waals surface area contributed by atoms with Gasteiger partial charge in [0.05, 0.1) is 5.69 Å². The van der Waals surface area contributed by atoms with Crippen molar-refractivity contribution in [3.05, 3.63) is 24.3 Å². The highest BCUT2D eigenvalue weighted by molar-refractivity contribution is 5.56. The Kier molecular flexibility index (Phi) is 4.66. The molecule has 1 rings (SSSR count). The maximum Gasteiger partial charge on any atom is 0.573 e. The maximum atomic E-state index is 12.2. The van der Waals surface area contributed by atoms with E-state index in [-0.39, 0.29) is 11.8 Å². The van der Waals surface area contributed by atoms with E-state index in [0.29, 0.717) is 5.69 Å². The number of anilines is 1. The number of ether oxygens (including phenoxy) is 1. The summed E-state index contributed by atoms with van der Waals surface area (Å²) in [7, 11) is 0. The van der Waals surface area contributed by atoms with Gasteiger partial charge in [-0.15, -0.1) is 13.2 Å². The Morgan fingerprint density at radius 2 is 1.94 bits per heavy atom. The van der Waals surface area contributed by atoms with Gasteiger partial charge in [-0.3, -0.25) is 0 Å². The van der Waals surface area contributed by atoms with E-state index < -0.39 is 6.36 Å². The third kappa shape index (κ3) is 4.97. The Hall–Kier alpha value is -1.39. The summed E-state index contributed by atoms with van der Waals surface area (Å²) in [5.41, 5.74) is 0.366. The second kappa shape index (κ2) is 5.80. The van der Waals surface area contributed by atoms with Crippen molar-refractivity contribution in [2.45, 2.75) is 39.1 Å². The van der Waals surface area contributed by atoms with E-state index in [1.807, 2.05) is 13.8 Å². The molecule has 0 aliphatic heterocycles. The first-order chi connectivity index (χ1) is 7.92. The van der Waals surface area contributed by atoms with E-state index >= 15 is 0 Å². The molecule has 0 aromatic heterocycles. The molecule has 0 fully saturated rings. The third-order valence-corrected chi connectivity index (χ3v) is 2.24. The molecule has 0 saturated carbocycles. The SMILES string of the molecule is CCCC(C)Nc1ccccc1OC(F)(F)F. The van der Waals surface area contributed by atoms with Gasteiger partial charge in [0.25, 0.3) is 0 Å². The van der Waals surface area contributed by atoms with Crippen molar-refractivity contribution in [2.24, 2.45) is 0 Å². The van der Waals surface area contributed by atoms with Crippen molar-refractivity contribution < 1.29 is 17.9 Å². The molecular formula is C12H16F3NO. The summed E-state index contributed by atoms with van der Waals surface area (Å²) in [6, 6.07) is 6.17. The van der Waals surface area contributed by atoms with E-state index in [4.69, 9.17) is 0 Å². The molecule has 1 atom stereocenters. The molecule has 1 aromatic rings. The molecule has 0 heterocycles. The highest BCUT2D eigenvalue weighted by Gasteiger charge is 2.32. The topological polar surface area (TPSA) is 21.3 Å². The van der Waals surface area contributed by atoms with Gasteiger partial charge >= 0.3 is 6.36 Å². The van der Waals surface area contributed by atoms with Gasteiger partial charge in [0, 0.05) is 6.04 Å². The van der Waals surface area contributed by atoms with Crippen LogP contribution in [0.3, 0.4) is 0 Å². The average Bonchev–Trinajstić information content (AvgIpc) is 2.19. The van der Waals surface area contributed by atoms with Gasteiger partial charge in [-0.1, -0.05) is 25.5 Å². The lowest BCUT2D eigenvalue weighted by Gasteiger charge is -2.18. The van der Waals surface area contributed by atoms with Gasteiger partial charge in [-0.25, -0.2) is 0 Å². The number of hydrogen-bond acceptors (Lipinski definition) is 2. The highest BCUT2D eigenvalue weighted by Crippen LogP contribution is 2.30. The summed E-state index contributed by atoms with van der Waals surface area (Å²) in [5, 5.41) is 3.01. The number of halogens is 3. The molecule has 96 valence electrons. The fourth-order valence-corrected chi connectivity index (χ4v) is 1.57. The van der Waals surface area contributed by atoms with Crippen LogP contribution in [0, 0.1) is 0 Å². The first-order valence-electron chi connectivity index (χ1n) is 5.53. The molecule has 1 unspecified atom stereocenters. The van der Waals surface area contributed by atoms with Crippen molar-refractivity contribution in [3.8, 4) is 5.75 Å². The van der Waals surface area contributed by atoms with E-state index in [1.165, 1.54) is 12.1 Å². The Balaban J connectivity index is 2.77. The second-order valence-corrected chi connectivity index (χ2v) is 3.88. The van der Waals surface area contributed by atoms with E-state index in [1.54, 1.807) is 12.1 Å². The molecule has 5 heteroatoms. The molecule has 1 N–H and O–H groups in total. The number of benzene rings is 1. The maximum absolute atomic E-state index is 12.2. The molecule has 0 amide bonds. The van der Waals surface area contributed by atoms with Crippen molar-refractivity contribution in [1.29, 1.82) is 0 Å². The standard InChI is InChI=1S/C12H16F3NO/c1-3-6-9(2)16-10-7-4-5-8-11(10)17-12(13,14)15/h4-5,7-9,16H,3,6H2,1-2H3. The number of rotatable bonds is 5. The number of nitrogens with one attached hydrogen (secondary N) is 1. The Morgan fingerprint density at radius 1 is 1.29 bits per heavy atom. The van der Waals surface area contributed by atoms with E-state index in [0.717, 1.165) is 12.8 Å². The molecule has 0 saturated heterocycles. The summed E-state index contributed by atoms with van der Waals surface area (Å²) in [6.07, 6.45) is -2.80. The van der Waals surface area contributed by atoms with Gasteiger partial charge in [0.2, 0.25) is 0 Å². The van der Waals surface area contributed by atoms with Crippen LogP contribution >= 0.6 is 0 Å². The molecule has 0 aliphatic carbocycles. The molecule has 1 aromatic carbocycles. The molecule has 2 nitrogen and oxygen atoms in total. The summed E-state index contributed by atoms with van der Waals surface area (Å²) >= 11 is 0. The summed E-state index contributed by atoms with van der Waals surface area (Å²) in [4.78, 5) is 0. The summed E-state index contributed by atoms with van der Waals surface area (Å²) < 4.78 is 40.4. The molecular weight excluding hydrogens is 231 g/mol. The van der Waals surface area contributed by atoms with Crippen LogP contribution in [0.5, 0.6) is 5.75 Å². The van der Waals surface area contributed by atoms with Crippen LogP contribution in [-0.2, 0) is 0 Å². The van der Waals surface area contributed by atoms with Crippen LogP contribution in [0.25, 0.3) is 0 Å². The minimum Gasteiger partial charge on any atom is -0.404 e. The van der Waals surface area contributed by atoms with Crippen LogP contribution < -0.4 is 10.1 Å². The fraction of sp³-hybridized carbons (Fsp3) is 0.500. The molecule has 0 bridgehead atoms. The largest absolute Gasteiger partial charge is 0.573 e. The van der Waals surface area contributed by atoms with Crippen LogP contribution in [0.1, 0.15) is 26.7 Å². The number of hydrogen-bond donors (Lipinski definition) is 1. The predicted octanol–water partition coefficient (Wildman–Crippen LogP) is 4.19. The van der Waals surface area contributed by atoms with Gasteiger partial charge in [-0.2, -0.15) is 0 Å². The molecule has 0 radical (unpaired) electrons. The lowest BCUT2D eigenvalue weighted by atomic mass is 10.2. The van der Waals surface area contributed by atoms with Crippen molar-refractivity contribution in [2.75, 3.05) is 5.32 Å². The zero-order valence-corrected chi connectivity index (χ0v) is 9.84. The monoisotopic (exact) mass is 247 g/mol. The second-order valence-electron chi connectivity index (χ2n) is 3.88. The molecule has 17 heavy (non-hydrogen) atoms. The molecule has 0 aliphatic rings. The Morgan fingerprint density at radius 3 is 2.53 bits per heavy atom. The quantitative estimate of drug-likeness (QED) is 0.842. The normalized spacial score (nSPS) is 13.2. The summed E-state index contributed by atoms with van der Waals surface area (Å²) in [5.74, 6) is -0.192. The van der Waals surface area contributed by atoms with Crippen molar-refractivity contribution >= 4 is 5.69 Å². The lowest BCUT2D eigenvalue weighted by molar-refractivity contribution is -0.274. The average molecular weight is 247 g/mol. The minimum atomic E-state index is -4.66. The lowest BCUT2D eigenvalue weighted by Crippen LogP contribution is -2.20. The van der Waals surface area contributed by atoms with Crippen LogP contribution in [-0.4, -0.2) is 12.4 Å². The van der Waals surface area contributed by atoms with E-state index in [9.17, 15) is 13.2 Å². The first-order valence-corrected chi connectivity index (χ1v) is 5.53. The Labute approximate surface area is 98.8 Å². The van der Waals surface area contributed by atoms with Gasteiger partial charge < -0.3 is 10.1 Å². The zero-order valence-electron chi connectivity index (χ0n) is 9.84.